The number of carbonyl (C=O) groups is 1. The molecule has 4 heteroatoms. The standard InChI is InChI=1S/C21H32N2O2/c1-2-23(16-20-10-6-7-15-25-20)21(24)17-22-13-11-19(12-14-22)18-8-4-3-5-9-18/h3-5,8-9,19-20H,2,6-7,10-17H2,1H3. The van der Waals surface area contributed by atoms with Crippen LogP contribution < -0.4 is 0 Å². The summed E-state index contributed by atoms with van der Waals surface area (Å²) in [6.07, 6.45) is 6.01. The third-order valence-corrected chi connectivity index (χ3v) is 5.65. The molecule has 0 aliphatic carbocycles. The van der Waals surface area contributed by atoms with Crippen molar-refractivity contribution in [1.29, 1.82) is 0 Å². The van der Waals surface area contributed by atoms with Gasteiger partial charge in [-0.25, -0.2) is 0 Å². The SMILES string of the molecule is CCN(CC1CCCCO1)C(=O)CN1CCC(c2ccccc2)CC1. The molecule has 0 saturated carbocycles. The van der Waals surface area contributed by atoms with Gasteiger partial charge >= 0.3 is 0 Å². The van der Waals surface area contributed by atoms with Crippen LogP contribution in [-0.2, 0) is 9.53 Å². The molecule has 0 bridgehead atoms. The van der Waals surface area contributed by atoms with Gasteiger partial charge in [-0.3, -0.25) is 9.69 Å². The van der Waals surface area contributed by atoms with Gasteiger partial charge in [0, 0.05) is 19.7 Å². The number of carbonyl (C=O) groups excluding carboxylic acids is 1. The van der Waals surface area contributed by atoms with Crippen LogP contribution in [0.25, 0.3) is 0 Å². The van der Waals surface area contributed by atoms with E-state index in [1.54, 1.807) is 0 Å². The minimum atomic E-state index is 0.237. The fourth-order valence-electron chi connectivity index (χ4n) is 4.05. The molecule has 1 amide bonds. The second kappa shape index (κ2) is 9.35. The molecule has 2 aliphatic rings. The average molecular weight is 344 g/mol. The average Bonchev–Trinajstić information content (AvgIpc) is 2.68. The van der Waals surface area contributed by atoms with E-state index in [0.717, 1.165) is 58.5 Å². The Hall–Kier alpha value is -1.39. The van der Waals surface area contributed by atoms with E-state index < -0.39 is 0 Å². The molecular formula is C21H32N2O2. The number of likely N-dealkylation sites (tertiary alicyclic amines) is 1. The summed E-state index contributed by atoms with van der Waals surface area (Å²) < 4.78 is 5.81. The molecule has 1 atom stereocenters. The Labute approximate surface area is 152 Å². The Morgan fingerprint density at radius 2 is 1.92 bits per heavy atom. The van der Waals surface area contributed by atoms with E-state index in [1.807, 2.05) is 4.90 Å². The molecular weight excluding hydrogens is 312 g/mol. The lowest BCUT2D eigenvalue weighted by Crippen LogP contribution is -2.46. The van der Waals surface area contributed by atoms with Crippen molar-refractivity contribution in [3.05, 3.63) is 35.9 Å². The summed E-state index contributed by atoms with van der Waals surface area (Å²) in [6, 6.07) is 10.8. The highest BCUT2D eigenvalue weighted by Crippen LogP contribution is 2.27. The molecule has 2 heterocycles. The maximum atomic E-state index is 12.7. The van der Waals surface area contributed by atoms with Crippen molar-refractivity contribution in [3.8, 4) is 0 Å². The normalized spacial score (nSPS) is 22.7. The zero-order valence-corrected chi connectivity index (χ0v) is 15.5. The number of benzene rings is 1. The van der Waals surface area contributed by atoms with Gasteiger partial charge in [-0.1, -0.05) is 30.3 Å². The molecule has 0 radical (unpaired) electrons. The quantitative estimate of drug-likeness (QED) is 0.794. The van der Waals surface area contributed by atoms with Gasteiger partial charge in [-0.15, -0.1) is 0 Å². The van der Waals surface area contributed by atoms with E-state index in [9.17, 15) is 4.79 Å². The predicted octanol–water partition coefficient (Wildman–Crippen LogP) is 3.28. The van der Waals surface area contributed by atoms with Gasteiger partial charge in [0.15, 0.2) is 0 Å². The molecule has 1 aromatic rings. The number of hydrogen-bond donors (Lipinski definition) is 0. The zero-order valence-electron chi connectivity index (χ0n) is 15.5. The van der Waals surface area contributed by atoms with Crippen LogP contribution >= 0.6 is 0 Å². The molecule has 0 spiro atoms. The Kier molecular flexibility index (Phi) is 6.88. The Bertz CT molecular complexity index is 520. The van der Waals surface area contributed by atoms with Crippen LogP contribution in [0, 0.1) is 0 Å². The minimum Gasteiger partial charge on any atom is -0.376 e. The third-order valence-electron chi connectivity index (χ3n) is 5.65. The van der Waals surface area contributed by atoms with Crippen LogP contribution in [0.2, 0.25) is 0 Å². The maximum Gasteiger partial charge on any atom is 0.236 e. The molecule has 1 aromatic carbocycles. The Morgan fingerprint density at radius 3 is 2.56 bits per heavy atom. The van der Waals surface area contributed by atoms with E-state index in [-0.39, 0.29) is 12.0 Å². The van der Waals surface area contributed by atoms with Gasteiger partial charge in [-0.2, -0.15) is 0 Å². The fourth-order valence-corrected chi connectivity index (χ4v) is 4.05. The van der Waals surface area contributed by atoms with Crippen LogP contribution in [0.5, 0.6) is 0 Å². The highest BCUT2D eigenvalue weighted by atomic mass is 16.5. The van der Waals surface area contributed by atoms with Gasteiger partial charge in [0.25, 0.3) is 0 Å². The van der Waals surface area contributed by atoms with Gasteiger partial charge in [0.05, 0.1) is 12.6 Å². The molecule has 25 heavy (non-hydrogen) atoms. The number of nitrogens with zero attached hydrogens (tertiary/aromatic N) is 2. The predicted molar refractivity (Wildman–Crippen MR) is 101 cm³/mol. The summed E-state index contributed by atoms with van der Waals surface area (Å²) in [5.41, 5.74) is 1.44. The van der Waals surface area contributed by atoms with E-state index in [4.69, 9.17) is 4.74 Å². The lowest BCUT2D eigenvalue weighted by Gasteiger charge is -2.34. The maximum absolute atomic E-state index is 12.7. The van der Waals surface area contributed by atoms with Gasteiger partial charge < -0.3 is 9.64 Å². The monoisotopic (exact) mass is 344 g/mol. The van der Waals surface area contributed by atoms with E-state index >= 15 is 0 Å². The molecule has 4 nitrogen and oxygen atoms in total. The first kappa shape index (κ1) is 18.4. The Balaban J connectivity index is 1.44. The zero-order chi connectivity index (χ0) is 17.5. The summed E-state index contributed by atoms with van der Waals surface area (Å²) in [7, 11) is 0. The second-order valence-corrected chi connectivity index (χ2v) is 7.38. The van der Waals surface area contributed by atoms with Crippen molar-refractivity contribution >= 4 is 5.91 Å². The van der Waals surface area contributed by atoms with E-state index in [0.29, 0.717) is 12.5 Å². The first-order valence-corrected chi connectivity index (χ1v) is 9.93. The number of ether oxygens (including phenoxy) is 1. The summed E-state index contributed by atoms with van der Waals surface area (Å²) >= 11 is 0. The van der Waals surface area contributed by atoms with Crippen molar-refractivity contribution in [2.24, 2.45) is 0 Å². The van der Waals surface area contributed by atoms with Crippen LogP contribution in [0.15, 0.2) is 30.3 Å². The van der Waals surface area contributed by atoms with Crippen LogP contribution in [0.3, 0.4) is 0 Å². The van der Waals surface area contributed by atoms with Gasteiger partial charge in [0.2, 0.25) is 5.91 Å². The largest absolute Gasteiger partial charge is 0.376 e. The molecule has 0 N–H and O–H groups in total. The van der Waals surface area contributed by atoms with Crippen molar-refractivity contribution in [3.63, 3.8) is 0 Å². The number of rotatable bonds is 6. The summed E-state index contributed by atoms with van der Waals surface area (Å²) in [4.78, 5) is 17.0. The van der Waals surface area contributed by atoms with E-state index in [2.05, 4.69) is 42.2 Å². The second-order valence-electron chi connectivity index (χ2n) is 7.38. The van der Waals surface area contributed by atoms with Crippen LogP contribution in [0.1, 0.15) is 50.5 Å². The molecule has 138 valence electrons. The first-order chi connectivity index (χ1) is 12.3. The Morgan fingerprint density at radius 1 is 1.16 bits per heavy atom. The van der Waals surface area contributed by atoms with Gasteiger partial charge in [-0.05, 0) is 63.6 Å². The number of piperidine rings is 1. The molecule has 2 aliphatic heterocycles. The third kappa shape index (κ3) is 5.29. The molecule has 3 rings (SSSR count). The summed E-state index contributed by atoms with van der Waals surface area (Å²) in [5.74, 6) is 0.903. The minimum absolute atomic E-state index is 0.237. The molecule has 0 aromatic heterocycles. The number of hydrogen-bond acceptors (Lipinski definition) is 3. The van der Waals surface area contributed by atoms with Crippen molar-refractivity contribution in [2.75, 3.05) is 39.3 Å². The highest BCUT2D eigenvalue weighted by molar-refractivity contribution is 5.78. The molecule has 1 unspecified atom stereocenters. The number of likely N-dealkylation sites (N-methyl/N-ethyl adjacent to an activating group) is 1. The van der Waals surface area contributed by atoms with Crippen molar-refractivity contribution in [1.82, 2.24) is 9.80 Å². The molecule has 2 fully saturated rings. The highest BCUT2D eigenvalue weighted by Gasteiger charge is 2.25. The smallest absolute Gasteiger partial charge is 0.236 e. The number of amides is 1. The van der Waals surface area contributed by atoms with Gasteiger partial charge in [0.1, 0.15) is 0 Å². The lowest BCUT2D eigenvalue weighted by atomic mass is 9.89. The van der Waals surface area contributed by atoms with Crippen molar-refractivity contribution in [2.45, 2.75) is 51.0 Å². The summed E-state index contributed by atoms with van der Waals surface area (Å²) in [5, 5.41) is 0. The van der Waals surface area contributed by atoms with Crippen molar-refractivity contribution < 1.29 is 9.53 Å². The van der Waals surface area contributed by atoms with Crippen LogP contribution in [-0.4, -0.2) is 61.1 Å². The summed E-state index contributed by atoms with van der Waals surface area (Å²) in [6.45, 7) is 7.05. The fraction of sp³-hybridized carbons (Fsp3) is 0.667. The van der Waals surface area contributed by atoms with Crippen LogP contribution in [0.4, 0.5) is 0 Å². The molecule has 2 saturated heterocycles. The van der Waals surface area contributed by atoms with E-state index in [1.165, 1.54) is 12.0 Å². The lowest BCUT2D eigenvalue weighted by molar-refractivity contribution is -0.135. The first-order valence-electron chi connectivity index (χ1n) is 9.93. The topological polar surface area (TPSA) is 32.8 Å².